The lowest BCUT2D eigenvalue weighted by Crippen LogP contribution is -2.08. The van der Waals surface area contributed by atoms with Crippen molar-refractivity contribution in [1.29, 1.82) is 0 Å². The number of benzene rings is 1. The Morgan fingerprint density at radius 3 is 2.71 bits per heavy atom. The average molecular weight is 295 g/mol. The maximum absolute atomic E-state index is 12.7. The number of aromatic amines is 1. The van der Waals surface area contributed by atoms with Crippen LogP contribution in [0.4, 0.5) is 19.0 Å². The van der Waals surface area contributed by atoms with Gasteiger partial charge in [0, 0.05) is 0 Å². The Morgan fingerprint density at radius 2 is 2.05 bits per heavy atom. The molecular weight excluding hydrogens is 287 g/mol. The summed E-state index contributed by atoms with van der Waals surface area (Å²) in [4.78, 5) is 0. The minimum atomic E-state index is -4.44. The number of rotatable bonds is 2. The second-order valence-corrected chi connectivity index (χ2v) is 4.14. The predicted octanol–water partition coefficient (Wildman–Crippen LogP) is 1.65. The lowest BCUT2D eigenvalue weighted by molar-refractivity contribution is -0.137. The van der Waals surface area contributed by atoms with Crippen molar-refractivity contribution in [1.82, 2.24) is 30.4 Å². The molecule has 7 nitrogen and oxygen atoms in total. The lowest BCUT2D eigenvalue weighted by atomic mass is 10.2. The SMILES string of the molecule is Nc1c(-c2nn[nH]n2)cnn1-c1cccc(C(F)(F)F)c1. The number of H-pyrrole nitrogens is 1. The molecule has 2 heterocycles. The van der Waals surface area contributed by atoms with Crippen LogP contribution in [-0.2, 0) is 6.18 Å². The minimum absolute atomic E-state index is 0.121. The van der Waals surface area contributed by atoms with E-state index in [9.17, 15) is 13.2 Å². The van der Waals surface area contributed by atoms with Gasteiger partial charge in [0.05, 0.1) is 23.0 Å². The number of tetrazole rings is 1. The summed E-state index contributed by atoms with van der Waals surface area (Å²) >= 11 is 0. The molecule has 3 aromatic rings. The highest BCUT2D eigenvalue weighted by molar-refractivity contribution is 5.69. The van der Waals surface area contributed by atoms with E-state index in [0.717, 1.165) is 12.1 Å². The lowest BCUT2D eigenvalue weighted by Gasteiger charge is -2.09. The van der Waals surface area contributed by atoms with Gasteiger partial charge in [-0.15, -0.1) is 10.2 Å². The van der Waals surface area contributed by atoms with Crippen molar-refractivity contribution < 1.29 is 13.2 Å². The molecule has 0 unspecified atom stereocenters. The Kier molecular flexibility index (Phi) is 2.85. The zero-order chi connectivity index (χ0) is 15.0. The van der Waals surface area contributed by atoms with Crippen LogP contribution in [0.1, 0.15) is 5.56 Å². The van der Waals surface area contributed by atoms with Crippen LogP contribution in [0.5, 0.6) is 0 Å². The van der Waals surface area contributed by atoms with E-state index in [2.05, 4.69) is 25.7 Å². The summed E-state index contributed by atoms with van der Waals surface area (Å²) in [6, 6.07) is 4.69. The Bertz CT molecular complexity index is 760. The van der Waals surface area contributed by atoms with E-state index >= 15 is 0 Å². The minimum Gasteiger partial charge on any atom is -0.383 e. The fourth-order valence-electron chi connectivity index (χ4n) is 1.83. The first kappa shape index (κ1) is 13.1. The van der Waals surface area contributed by atoms with Crippen molar-refractivity contribution in [3.8, 4) is 17.1 Å². The average Bonchev–Trinajstić information content (AvgIpc) is 3.07. The van der Waals surface area contributed by atoms with Crippen LogP contribution < -0.4 is 5.73 Å². The molecule has 0 radical (unpaired) electrons. The highest BCUT2D eigenvalue weighted by Gasteiger charge is 2.30. The first-order valence-electron chi connectivity index (χ1n) is 5.72. The van der Waals surface area contributed by atoms with Crippen molar-refractivity contribution in [2.45, 2.75) is 6.18 Å². The number of anilines is 1. The Balaban J connectivity index is 2.06. The highest BCUT2D eigenvalue weighted by atomic mass is 19.4. The van der Waals surface area contributed by atoms with Gasteiger partial charge in [-0.3, -0.25) is 0 Å². The number of nitrogens with one attached hydrogen (secondary N) is 1. The van der Waals surface area contributed by atoms with E-state index in [1.54, 1.807) is 0 Å². The zero-order valence-electron chi connectivity index (χ0n) is 10.3. The molecule has 3 N–H and O–H groups in total. The van der Waals surface area contributed by atoms with Gasteiger partial charge in [0.1, 0.15) is 5.82 Å². The van der Waals surface area contributed by atoms with Crippen molar-refractivity contribution in [2.24, 2.45) is 0 Å². The Labute approximate surface area is 115 Å². The van der Waals surface area contributed by atoms with E-state index in [4.69, 9.17) is 5.73 Å². The Hall–Kier alpha value is -2.91. The van der Waals surface area contributed by atoms with Crippen LogP contribution in [0.15, 0.2) is 30.5 Å². The number of alkyl halides is 3. The summed E-state index contributed by atoms with van der Waals surface area (Å²) in [5, 5.41) is 17.1. The molecule has 108 valence electrons. The summed E-state index contributed by atoms with van der Waals surface area (Å²) < 4.78 is 39.3. The van der Waals surface area contributed by atoms with Crippen molar-refractivity contribution in [3.63, 3.8) is 0 Å². The van der Waals surface area contributed by atoms with Crippen LogP contribution in [0.25, 0.3) is 17.1 Å². The highest BCUT2D eigenvalue weighted by Crippen LogP contribution is 2.31. The maximum Gasteiger partial charge on any atom is 0.416 e. The summed E-state index contributed by atoms with van der Waals surface area (Å²) in [6.07, 6.45) is -3.07. The van der Waals surface area contributed by atoms with Crippen LogP contribution in [0.3, 0.4) is 0 Å². The molecule has 0 aliphatic heterocycles. The van der Waals surface area contributed by atoms with Crippen molar-refractivity contribution >= 4 is 5.82 Å². The number of nitrogens with zero attached hydrogens (tertiary/aromatic N) is 5. The molecular formula is C11H8F3N7. The number of hydrogen-bond acceptors (Lipinski definition) is 5. The Morgan fingerprint density at radius 1 is 1.24 bits per heavy atom. The monoisotopic (exact) mass is 295 g/mol. The van der Waals surface area contributed by atoms with Gasteiger partial charge in [-0.1, -0.05) is 6.07 Å². The third kappa shape index (κ3) is 2.30. The molecule has 0 bridgehead atoms. The molecule has 0 fully saturated rings. The third-order valence-electron chi connectivity index (χ3n) is 2.81. The number of aromatic nitrogens is 6. The molecule has 0 saturated heterocycles. The number of halogens is 3. The molecule has 0 atom stereocenters. The molecule has 10 heteroatoms. The normalized spacial score (nSPS) is 11.8. The molecule has 21 heavy (non-hydrogen) atoms. The molecule has 0 aliphatic carbocycles. The molecule has 2 aromatic heterocycles. The van der Waals surface area contributed by atoms with E-state index < -0.39 is 11.7 Å². The van der Waals surface area contributed by atoms with E-state index in [0.29, 0.717) is 5.56 Å². The summed E-state index contributed by atoms with van der Waals surface area (Å²) in [6.45, 7) is 0. The van der Waals surface area contributed by atoms with Gasteiger partial charge in [0.25, 0.3) is 0 Å². The second-order valence-electron chi connectivity index (χ2n) is 4.14. The standard InChI is InChI=1S/C11H8F3N7/c12-11(13,14)6-2-1-3-7(4-6)21-9(15)8(5-16-21)10-17-19-20-18-10/h1-5H,15H2,(H,17,18,19,20). The van der Waals surface area contributed by atoms with Gasteiger partial charge < -0.3 is 5.73 Å². The fraction of sp³-hybridized carbons (Fsp3) is 0.0909. The number of hydrogen-bond donors (Lipinski definition) is 2. The quantitative estimate of drug-likeness (QED) is 0.749. The van der Waals surface area contributed by atoms with Gasteiger partial charge in [0.2, 0.25) is 5.82 Å². The molecule has 0 spiro atoms. The van der Waals surface area contributed by atoms with Crippen LogP contribution in [0.2, 0.25) is 0 Å². The smallest absolute Gasteiger partial charge is 0.383 e. The molecule has 0 aliphatic rings. The largest absolute Gasteiger partial charge is 0.416 e. The van der Waals surface area contributed by atoms with Crippen LogP contribution in [0, 0.1) is 0 Å². The summed E-state index contributed by atoms with van der Waals surface area (Å²) in [5.74, 6) is 0.335. The zero-order valence-corrected chi connectivity index (χ0v) is 10.3. The van der Waals surface area contributed by atoms with E-state index in [1.807, 2.05) is 0 Å². The molecule has 1 aromatic carbocycles. The van der Waals surface area contributed by atoms with Gasteiger partial charge in [-0.25, -0.2) is 4.68 Å². The fourth-order valence-corrected chi connectivity index (χ4v) is 1.83. The van der Waals surface area contributed by atoms with E-state index in [1.165, 1.54) is 23.0 Å². The first-order valence-corrected chi connectivity index (χ1v) is 5.72. The predicted molar refractivity (Wildman–Crippen MR) is 66.2 cm³/mol. The second kappa shape index (κ2) is 4.58. The maximum atomic E-state index is 12.7. The molecule has 0 amide bonds. The van der Waals surface area contributed by atoms with Gasteiger partial charge >= 0.3 is 6.18 Å². The van der Waals surface area contributed by atoms with Gasteiger partial charge in [-0.05, 0) is 23.4 Å². The number of nitrogens with two attached hydrogens (primary N) is 1. The van der Waals surface area contributed by atoms with Crippen molar-refractivity contribution in [3.05, 3.63) is 36.0 Å². The third-order valence-corrected chi connectivity index (χ3v) is 2.81. The topological polar surface area (TPSA) is 98.3 Å². The molecule has 3 rings (SSSR count). The molecule has 0 saturated carbocycles. The van der Waals surface area contributed by atoms with Gasteiger partial charge in [0.15, 0.2) is 0 Å². The van der Waals surface area contributed by atoms with Gasteiger partial charge in [-0.2, -0.15) is 23.5 Å². The number of nitrogen functional groups attached to an aromatic ring is 1. The summed E-state index contributed by atoms with van der Waals surface area (Å²) in [7, 11) is 0. The van der Waals surface area contributed by atoms with Crippen LogP contribution in [-0.4, -0.2) is 30.4 Å². The van der Waals surface area contributed by atoms with Crippen LogP contribution >= 0.6 is 0 Å². The summed E-state index contributed by atoms with van der Waals surface area (Å²) in [5.41, 5.74) is 5.67. The van der Waals surface area contributed by atoms with Crippen molar-refractivity contribution in [2.75, 3.05) is 5.73 Å². The van der Waals surface area contributed by atoms with E-state index in [-0.39, 0.29) is 17.3 Å². The first-order chi connectivity index (χ1) is 9.97.